The highest BCUT2D eigenvalue weighted by molar-refractivity contribution is 7.89. The number of carbonyl (C=O) groups is 1. The summed E-state index contributed by atoms with van der Waals surface area (Å²) in [5.74, 6) is -1.28. The highest BCUT2D eigenvalue weighted by Crippen LogP contribution is 2.19. The van der Waals surface area contributed by atoms with Crippen molar-refractivity contribution in [1.29, 1.82) is 0 Å². The number of nitrogens with zero attached hydrogens (tertiary/aromatic N) is 2. The molecule has 0 radical (unpaired) electrons. The van der Waals surface area contributed by atoms with Crippen LogP contribution >= 0.6 is 0 Å². The van der Waals surface area contributed by atoms with Gasteiger partial charge in [0.05, 0.1) is 6.54 Å². The molecule has 0 aliphatic carbocycles. The molecule has 0 unspecified atom stereocenters. The average Bonchev–Trinajstić information content (AvgIpc) is 2.72. The van der Waals surface area contributed by atoms with Crippen molar-refractivity contribution in [2.45, 2.75) is 24.8 Å². The van der Waals surface area contributed by atoms with Gasteiger partial charge in [-0.05, 0) is 13.0 Å². The normalized spacial score (nSPS) is 12.3. The largest absolute Gasteiger partial charge is 0.477 e. The standard InChI is InChI=1S/C10H14F2N2O4S/c1-3-14-5-7(4-8(14)10(15)16)19(17,18)13(2)6-9(11)12/h4-5,9H,3,6H2,1-2H3,(H,15,16). The van der Waals surface area contributed by atoms with Crippen molar-refractivity contribution < 1.29 is 27.1 Å². The number of carboxylic acid groups (broad SMARTS) is 1. The molecule has 0 atom stereocenters. The van der Waals surface area contributed by atoms with Crippen LogP contribution in [0.5, 0.6) is 0 Å². The maximum absolute atomic E-state index is 12.2. The van der Waals surface area contributed by atoms with Crippen LogP contribution in [0, 0.1) is 0 Å². The summed E-state index contributed by atoms with van der Waals surface area (Å²) < 4.78 is 50.1. The third-order valence-electron chi connectivity index (χ3n) is 2.53. The Morgan fingerprint density at radius 2 is 2.11 bits per heavy atom. The van der Waals surface area contributed by atoms with Gasteiger partial charge in [-0.15, -0.1) is 0 Å². The third-order valence-corrected chi connectivity index (χ3v) is 4.32. The highest BCUT2D eigenvalue weighted by atomic mass is 32.2. The number of aromatic nitrogens is 1. The van der Waals surface area contributed by atoms with Crippen molar-refractivity contribution >= 4 is 16.0 Å². The molecule has 0 fully saturated rings. The van der Waals surface area contributed by atoms with E-state index in [1.807, 2.05) is 0 Å². The van der Waals surface area contributed by atoms with Gasteiger partial charge in [-0.3, -0.25) is 0 Å². The second-order valence-corrected chi connectivity index (χ2v) is 5.87. The zero-order chi connectivity index (χ0) is 14.8. The molecule has 1 rings (SSSR count). The molecule has 0 saturated heterocycles. The number of sulfonamides is 1. The molecule has 0 bridgehead atoms. The Morgan fingerprint density at radius 1 is 1.53 bits per heavy atom. The van der Waals surface area contributed by atoms with E-state index >= 15 is 0 Å². The zero-order valence-corrected chi connectivity index (χ0v) is 11.2. The van der Waals surface area contributed by atoms with Crippen molar-refractivity contribution in [2.75, 3.05) is 13.6 Å². The Kier molecular flexibility index (Phi) is 4.64. The fraction of sp³-hybridized carbons (Fsp3) is 0.500. The first kappa shape index (κ1) is 15.6. The predicted molar refractivity (Wildman–Crippen MR) is 62.9 cm³/mol. The smallest absolute Gasteiger partial charge is 0.352 e. The van der Waals surface area contributed by atoms with Gasteiger partial charge in [0.1, 0.15) is 10.6 Å². The topological polar surface area (TPSA) is 79.6 Å². The van der Waals surface area contributed by atoms with E-state index < -0.39 is 29.0 Å². The van der Waals surface area contributed by atoms with Crippen LogP contribution in [0.15, 0.2) is 17.2 Å². The van der Waals surface area contributed by atoms with Crippen LogP contribution in [0.3, 0.4) is 0 Å². The molecule has 1 N–H and O–H groups in total. The molecule has 0 spiro atoms. The van der Waals surface area contributed by atoms with Gasteiger partial charge in [-0.25, -0.2) is 22.0 Å². The molecule has 1 aromatic heterocycles. The van der Waals surface area contributed by atoms with Crippen LogP contribution in [-0.2, 0) is 16.6 Å². The van der Waals surface area contributed by atoms with Gasteiger partial charge in [-0.1, -0.05) is 0 Å². The fourth-order valence-electron chi connectivity index (χ4n) is 1.54. The van der Waals surface area contributed by atoms with Gasteiger partial charge in [0, 0.05) is 19.8 Å². The lowest BCUT2D eigenvalue weighted by molar-refractivity contribution is 0.0685. The minimum absolute atomic E-state index is 0.202. The van der Waals surface area contributed by atoms with E-state index in [-0.39, 0.29) is 17.1 Å². The SMILES string of the molecule is CCn1cc(S(=O)(=O)N(C)CC(F)F)cc1C(=O)O. The molecule has 1 aromatic rings. The highest BCUT2D eigenvalue weighted by Gasteiger charge is 2.26. The lowest BCUT2D eigenvalue weighted by Gasteiger charge is -2.15. The summed E-state index contributed by atoms with van der Waals surface area (Å²) in [4.78, 5) is 10.6. The fourth-order valence-corrected chi connectivity index (χ4v) is 2.73. The molecule has 9 heteroatoms. The molecule has 19 heavy (non-hydrogen) atoms. The molecule has 6 nitrogen and oxygen atoms in total. The van der Waals surface area contributed by atoms with E-state index in [1.54, 1.807) is 6.92 Å². The molecule has 0 aliphatic heterocycles. The van der Waals surface area contributed by atoms with E-state index in [4.69, 9.17) is 5.11 Å². The number of hydrogen-bond donors (Lipinski definition) is 1. The Hall–Kier alpha value is -1.48. The van der Waals surface area contributed by atoms with Crippen LogP contribution in [0.4, 0.5) is 8.78 Å². The van der Waals surface area contributed by atoms with Crippen LogP contribution in [0.25, 0.3) is 0 Å². The number of aromatic carboxylic acids is 1. The summed E-state index contributed by atoms with van der Waals surface area (Å²) in [6.45, 7) is 0.962. The van der Waals surface area contributed by atoms with Gasteiger partial charge in [0.25, 0.3) is 6.43 Å². The first-order valence-electron chi connectivity index (χ1n) is 5.38. The van der Waals surface area contributed by atoms with Gasteiger partial charge in [0.2, 0.25) is 10.0 Å². The van der Waals surface area contributed by atoms with Crippen LogP contribution in [-0.4, -0.2) is 48.4 Å². The first-order valence-corrected chi connectivity index (χ1v) is 6.82. The summed E-state index contributed by atoms with van der Waals surface area (Å²) >= 11 is 0. The number of carboxylic acids is 1. The summed E-state index contributed by atoms with van der Waals surface area (Å²) in [6.07, 6.45) is -1.67. The summed E-state index contributed by atoms with van der Waals surface area (Å²) in [5.41, 5.74) is -0.202. The van der Waals surface area contributed by atoms with Gasteiger partial charge in [-0.2, -0.15) is 4.31 Å². The monoisotopic (exact) mass is 296 g/mol. The van der Waals surface area contributed by atoms with Gasteiger partial charge >= 0.3 is 5.97 Å². The molecule has 108 valence electrons. The number of aryl methyl sites for hydroxylation is 1. The maximum Gasteiger partial charge on any atom is 0.352 e. The number of halogens is 2. The minimum Gasteiger partial charge on any atom is -0.477 e. The molecular formula is C10H14F2N2O4S. The van der Waals surface area contributed by atoms with Crippen LogP contribution in [0.1, 0.15) is 17.4 Å². The second-order valence-electron chi connectivity index (χ2n) is 3.83. The van der Waals surface area contributed by atoms with Crippen molar-refractivity contribution in [3.8, 4) is 0 Å². The van der Waals surface area contributed by atoms with Crippen molar-refractivity contribution in [3.05, 3.63) is 18.0 Å². The lowest BCUT2D eigenvalue weighted by atomic mass is 10.4. The maximum atomic E-state index is 12.2. The number of rotatable bonds is 6. The summed E-state index contributed by atoms with van der Waals surface area (Å²) in [6, 6.07) is 0.961. The molecule has 1 heterocycles. The Morgan fingerprint density at radius 3 is 2.47 bits per heavy atom. The molecule has 0 aromatic carbocycles. The van der Waals surface area contributed by atoms with Crippen molar-refractivity contribution in [3.63, 3.8) is 0 Å². The predicted octanol–water partition coefficient (Wildman–Crippen LogP) is 1.09. The number of hydrogen-bond acceptors (Lipinski definition) is 3. The first-order chi connectivity index (χ1) is 8.70. The Bertz CT molecular complexity index is 568. The molecule has 0 saturated carbocycles. The number of alkyl halides is 2. The van der Waals surface area contributed by atoms with E-state index in [1.165, 1.54) is 4.57 Å². The summed E-state index contributed by atoms with van der Waals surface area (Å²) in [7, 11) is -3.09. The summed E-state index contributed by atoms with van der Waals surface area (Å²) in [5, 5.41) is 8.91. The molecule has 0 amide bonds. The van der Waals surface area contributed by atoms with E-state index in [9.17, 15) is 22.0 Å². The van der Waals surface area contributed by atoms with Gasteiger partial charge < -0.3 is 9.67 Å². The zero-order valence-electron chi connectivity index (χ0n) is 10.4. The van der Waals surface area contributed by atoms with E-state index in [0.29, 0.717) is 4.31 Å². The van der Waals surface area contributed by atoms with Crippen LogP contribution in [0.2, 0.25) is 0 Å². The van der Waals surface area contributed by atoms with Crippen molar-refractivity contribution in [2.24, 2.45) is 0 Å². The average molecular weight is 296 g/mol. The molecular weight excluding hydrogens is 282 g/mol. The second kappa shape index (κ2) is 5.66. The Labute approximate surface area is 109 Å². The van der Waals surface area contributed by atoms with Crippen LogP contribution < -0.4 is 0 Å². The van der Waals surface area contributed by atoms with E-state index in [0.717, 1.165) is 19.3 Å². The minimum atomic E-state index is -4.11. The lowest BCUT2D eigenvalue weighted by Crippen LogP contribution is -2.31. The quantitative estimate of drug-likeness (QED) is 0.852. The Balaban J connectivity index is 3.19. The van der Waals surface area contributed by atoms with E-state index in [2.05, 4.69) is 0 Å². The molecule has 0 aliphatic rings. The van der Waals surface area contributed by atoms with Crippen molar-refractivity contribution in [1.82, 2.24) is 8.87 Å². The van der Waals surface area contributed by atoms with Gasteiger partial charge in [0.15, 0.2) is 0 Å². The third kappa shape index (κ3) is 3.29.